The molecule has 2 atom stereocenters. The largest absolute Gasteiger partial charge is 0.466 e. The van der Waals surface area contributed by atoms with Gasteiger partial charge in [-0.25, -0.2) is 4.39 Å². The summed E-state index contributed by atoms with van der Waals surface area (Å²) in [6, 6.07) is 6.56. The maximum Gasteiger partial charge on any atom is 0.312 e. The van der Waals surface area contributed by atoms with Gasteiger partial charge in [0.05, 0.1) is 12.5 Å². The molecule has 1 aromatic carbocycles. The number of hydrogen-bond donors (Lipinski definition) is 0. The van der Waals surface area contributed by atoms with Crippen LogP contribution >= 0.6 is 11.6 Å². The van der Waals surface area contributed by atoms with Crippen LogP contribution in [0.25, 0.3) is 0 Å². The summed E-state index contributed by atoms with van der Waals surface area (Å²) in [5.41, 5.74) is -1.13. The molecule has 0 aliphatic heterocycles. The lowest BCUT2D eigenvalue weighted by Crippen LogP contribution is -2.13. The highest BCUT2D eigenvalue weighted by atomic mass is 35.5. The highest BCUT2D eigenvalue weighted by Crippen LogP contribution is 2.56. The maximum atomic E-state index is 14.3. The van der Waals surface area contributed by atoms with Gasteiger partial charge < -0.3 is 4.74 Å². The van der Waals surface area contributed by atoms with E-state index in [1.807, 2.05) is 0 Å². The van der Waals surface area contributed by atoms with E-state index >= 15 is 0 Å². The number of ether oxygens (including phenoxy) is 1. The molecule has 16 heavy (non-hydrogen) atoms. The Bertz CT molecular complexity index is 421. The van der Waals surface area contributed by atoms with Crippen molar-refractivity contribution < 1.29 is 13.9 Å². The lowest BCUT2D eigenvalue weighted by molar-refractivity contribution is -0.145. The summed E-state index contributed by atoms with van der Waals surface area (Å²) in [6.07, 6.45) is 0.187. The molecular weight excluding hydrogens is 231 g/mol. The average molecular weight is 243 g/mol. The lowest BCUT2D eigenvalue weighted by atomic mass is 10.1. The van der Waals surface area contributed by atoms with Crippen LogP contribution in [0, 0.1) is 5.92 Å². The fraction of sp³-hybridized carbons (Fsp3) is 0.417. The average Bonchev–Trinajstić information content (AvgIpc) is 2.93. The smallest absolute Gasteiger partial charge is 0.312 e. The van der Waals surface area contributed by atoms with Crippen molar-refractivity contribution in [3.05, 3.63) is 34.9 Å². The molecule has 0 radical (unpaired) electrons. The van der Waals surface area contributed by atoms with E-state index in [4.69, 9.17) is 16.3 Å². The predicted octanol–water partition coefficient (Wildman–Crippen LogP) is 3.09. The van der Waals surface area contributed by atoms with E-state index in [1.54, 1.807) is 31.2 Å². The quantitative estimate of drug-likeness (QED) is 0.762. The van der Waals surface area contributed by atoms with Crippen LogP contribution in [0.2, 0.25) is 5.02 Å². The molecule has 1 aliphatic carbocycles. The Balaban J connectivity index is 2.15. The second kappa shape index (κ2) is 4.06. The highest BCUT2D eigenvalue weighted by molar-refractivity contribution is 6.30. The van der Waals surface area contributed by atoms with Crippen LogP contribution in [0.15, 0.2) is 24.3 Å². The molecule has 2 nitrogen and oxygen atoms in total. The van der Waals surface area contributed by atoms with Crippen LogP contribution in [0.4, 0.5) is 4.39 Å². The first-order chi connectivity index (χ1) is 7.58. The summed E-state index contributed by atoms with van der Waals surface area (Å²) in [6.45, 7) is 1.99. The van der Waals surface area contributed by atoms with Crippen molar-refractivity contribution in [1.82, 2.24) is 0 Å². The molecule has 1 saturated carbocycles. The first kappa shape index (κ1) is 11.4. The molecule has 2 unspecified atom stereocenters. The number of alkyl halides is 1. The Labute approximate surface area is 98.4 Å². The van der Waals surface area contributed by atoms with Crippen molar-refractivity contribution in [1.29, 1.82) is 0 Å². The minimum atomic E-state index is -1.59. The van der Waals surface area contributed by atoms with Crippen molar-refractivity contribution in [2.75, 3.05) is 6.61 Å². The zero-order valence-corrected chi connectivity index (χ0v) is 9.63. The normalized spacial score (nSPS) is 27.6. The van der Waals surface area contributed by atoms with Crippen molar-refractivity contribution in [2.45, 2.75) is 19.0 Å². The van der Waals surface area contributed by atoms with E-state index < -0.39 is 17.6 Å². The zero-order chi connectivity index (χ0) is 11.8. The Morgan fingerprint density at radius 1 is 1.69 bits per heavy atom. The third kappa shape index (κ3) is 1.92. The number of halogens is 2. The van der Waals surface area contributed by atoms with Crippen LogP contribution < -0.4 is 0 Å². The van der Waals surface area contributed by atoms with Crippen LogP contribution in [0.1, 0.15) is 18.9 Å². The summed E-state index contributed by atoms with van der Waals surface area (Å²) in [4.78, 5) is 11.4. The Kier molecular flexibility index (Phi) is 2.89. The molecule has 0 aromatic heterocycles. The van der Waals surface area contributed by atoms with Crippen LogP contribution in [-0.4, -0.2) is 12.6 Å². The Hall–Kier alpha value is -1.09. The number of rotatable bonds is 3. The van der Waals surface area contributed by atoms with Gasteiger partial charge in [-0.05, 0) is 24.6 Å². The SMILES string of the molecule is CCOC(=O)C1CC1(F)c1cccc(Cl)c1. The van der Waals surface area contributed by atoms with Gasteiger partial charge in [0, 0.05) is 11.4 Å². The second-order valence-electron chi connectivity index (χ2n) is 3.88. The summed E-state index contributed by atoms with van der Waals surface area (Å²) < 4.78 is 19.1. The monoisotopic (exact) mass is 242 g/mol. The van der Waals surface area contributed by atoms with Gasteiger partial charge in [-0.3, -0.25) is 4.79 Å². The van der Waals surface area contributed by atoms with Crippen LogP contribution in [-0.2, 0) is 15.2 Å². The van der Waals surface area contributed by atoms with E-state index in [1.165, 1.54) is 0 Å². The van der Waals surface area contributed by atoms with Gasteiger partial charge in [-0.1, -0.05) is 23.7 Å². The molecule has 0 amide bonds. The number of hydrogen-bond acceptors (Lipinski definition) is 2. The van der Waals surface area contributed by atoms with Gasteiger partial charge in [0.2, 0.25) is 0 Å². The standard InChI is InChI=1S/C12H12ClFO2/c1-2-16-11(15)10-7-12(10,14)8-4-3-5-9(13)6-8/h3-6,10H,2,7H2,1H3. The summed E-state index contributed by atoms with van der Waals surface area (Å²) in [7, 11) is 0. The number of carbonyl (C=O) groups is 1. The molecule has 0 N–H and O–H groups in total. The van der Waals surface area contributed by atoms with Crippen LogP contribution in [0.5, 0.6) is 0 Å². The minimum Gasteiger partial charge on any atom is -0.466 e. The predicted molar refractivity (Wildman–Crippen MR) is 59.0 cm³/mol. The molecule has 0 spiro atoms. The van der Waals surface area contributed by atoms with Gasteiger partial charge in [-0.2, -0.15) is 0 Å². The van der Waals surface area contributed by atoms with E-state index in [0.29, 0.717) is 10.6 Å². The van der Waals surface area contributed by atoms with Crippen LogP contribution in [0.3, 0.4) is 0 Å². The van der Waals surface area contributed by atoms with Crippen molar-refractivity contribution >= 4 is 17.6 Å². The molecule has 1 aliphatic rings. The fourth-order valence-electron chi connectivity index (χ4n) is 1.82. The third-order valence-electron chi connectivity index (χ3n) is 2.77. The van der Waals surface area contributed by atoms with Gasteiger partial charge in [0.1, 0.15) is 5.67 Å². The van der Waals surface area contributed by atoms with Gasteiger partial charge in [0.25, 0.3) is 0 Å². The number of benzene rings is 1. The minimum absolute atomic E-state index is 0.187. The van der Waals surface area contributed by atoms with Crippen molar-refractivity contribution in [3.63, 3.8) is 0 Å². The molecule has 0 saturated heterocycles. The lowest BCUT2D eigenvalue weighted by Gasteiger charge is -2.08. The van der Waals surface area contributed by atoms with E-state index in [-0.39, 0.29) is 13.0 Å². The fourth-order valence-corrected chi connectivity index (χ4v) is 2.01. The maximum absolute atomic E-state index is 14.3. The highest BCUT2D eigenvalue weighted by Gasteiger charge is 2.61. The van der Waals surface area contributed by atoms with Crippen molar-refractivity contribution in [2.24, 2.45) is 5.92 Å². The van der Waals surface area contributed by atoms with Gasteiger partial charge >= 0.3 is 5.97 Å². The second-order valence-corrected chi connectivity index (χ2v) is 4.32. The molecule has 86 valence electrons. The summed E-state index contributed by atoms with van der Waals surface area (Å²) >= 11 is 5.78. The molecule has 2 rings (SSSR count). The number of esters is 1. The molecular formula is C12H12ClFO2. The summed E-state index contributed by atoms with van der Waals surface area (Å²) in [5.74, 6) is -1.14. The summed E-state index contributed by atoms with van der Waals surface area (Å²) in [5, 5.41) is 0.476. The first-order valence-electron chi connectivity index (χ1n) is 5.19. The molecule has 4 heteroatoms. The van der Waals surface area contributed by atoms with E-state index in [2.05, 4.69) is 0 Å². The molecule has 0 heterocycles. The zero-order valence-electron chi connectivity index (χ0n) is 8.87. The van der Waals surface area contributed by atoms with Gasteiger partial charge in [0.15, 0.2) is 0 Å². The first-order valence-corrected chi connectivity index (χ1v) is 5.57. The third-order valence-corrected chi connectivity index (χ3v) is 3.00. The van der Waals surface area contributed by atoms with E-state index in [9.17, 15) is 9.18 Å². The van der Waals surface area contributed by atoms with E-state index in [0.717, 1.165) is 0 Å². The molecule has 1 aromatic rings. The Morgan fingerprint density at radius 2 is 2.44 bits per heavy atom. The molecule has 1 fully saturated rings. The number of carbonyl (C=O) groups excluding carboxylic acids is 1. The molecule has 0 bridgehead atoms. The van der Waals surface area contributed by atoms with Crippen molar-refractivity contribution in [3.8, 4) is 0 Å². The Morgan fingerprint density at radius 3 is 3.06 bits per heavy atom. The topological polar surface area (TPSA) is 26.3 Å². The van der Waals surface area contributed by atoms with Gasteiger partial charge in [-0.15, -0.1) is 0 Å².